The molecule has 1 saturated heterocycles. The lowest BCUT2D eigenvalue weighted by atomic mass is 9.92. The normalized spacial score (nSPS) is 26.0. The van der Waals surface area contributed by atoms with Gasteiger partial charge in [-0.05, 0) is 18.8 Å². The molecule has 1 aliphatic heterocycles. The van der Waals surface area contributed by atoms with Crippen LogP contribution in [0.4, 0.5) is 0 Å². The fraction of sp³-hybridized carbons (Fsp3) is 0.727. The van der Waals surface area contributed by atoms with E-state index in [2.05, 4.69) is 0 Å². The molecule has 2 amide bonds. The van der Waals surface area contributed by atoms with Crippen LogP contribution < -0.4 is 5.73 Å². The van der Waals surface area contributed by atoms with Crippen molar-refractivity contribution in [2.45, 2.75) is 39.2 Å². The Morgan fingerprint density at radius 2 is 2.06 bits per heavy atom. The molecule has 0 spiro atoms. The third-order valence-electron chi connectivity index (χ3n) is 3.30. The van der Waals surface area contributed by atoms with E-state index in [9.17, 15) is 9.59 Å². The van der Waals surface area contributed by atoms with E-state index in [4.69, 9.17) is 18.0 Å². The van der Waals surface area contributed by atoms with E-state index < -0.39 is 5.41 Å². The number of imide groups is 1. The zero-order chi connectivity index (χ0) is 12.1. The van der Waals surface area contributed by atoms with E-state index in [0.29, 0.717) is 5.92 Å². The largest absolute Gasteiger partial charge is 0.392 e. The molecule has 1 saturated carbocycles. The quantitative estimate of drug-likeness (QED) is 0.586. The van der Waals surface area contributed by atoms with Gasteiger partial charge in [0.15, 0.2) is 0 Å². The Morgan fingerprint density at radius 3 is 2.38 bits per heavy atom. The smallest absolute Gasteiger partial charge is 0.236 e. The molecule has 0 aromatic rings. The van der Waals surface area contributed by atoms with Crippen LogP contribution in [0.3, 0.4) is 0 Å². The Morgan fingerprint density at radius 1 is 1.50 bits per heavy atom. The molecule has 1 heterocycles. The number of rotatable bonds is 3. The second kappa shape index (κ2) is 3.52. The summed E-state index contributed by atoms with van der Waals surface area (Å²) in [7, 11) is 0. The van der Waals surface area contributed by atoms with Crippen LogP contribution in [0.1, 0.15) is 33.1 Å². The van der Waals surface area contributed by atoms with Gasteiger partial charge >= 0.3 is 0 Å². The van der Waals surface area contributed by atoms with Crippen molar-refractivity contribution in [3.63, 3.8) is 0 Å². The van der Waals surface area contributed by atoms with E-state index >= 15 is 0 Å². The first kappa shape index (κ1) is 11.5. The van der Waals surface area contributed by atoms with Crippen LogP contribution in [0, 0.1) is 11.3 Å². The average molecular weight is 240 g/mol. The summed E-state index contributed by atoms with van der Waals surface area (Å²) in [6.07, 6.45) is 2.26. The minimum atomic E-state index is -0.602. The van der Waals surface area contributed by atoms with Crippen molar-refractivity contribution in [1.82, 2.24) is 4.90 Å². The monoisotopic (exact) mass is 240 g/mol. The van der Waals surface area contributed by atoms with Crippen molar-refractivity contribution in [2.75, 3.05) is 0 Å². The lowest BCUT2D eigenvalue weighted by molar-refractivity contribution is -0.142. The third-order valence-corrected chi connectivity index (χ3v) is 3.54. The summed E-state index contributed by atoms with van der Waals surface area (Å²) in [6.45, 7) is 3.58. The molecule has 1 unspecified atom stereocenters. The highest BCUT2D eigenvalue weighted by molar-refractivity contribution is 7.80. The Kier molecular flexibility index (Phi) is 2.53. The third kappa shape index (κ3) is 1.73. The van der Waals surface area contributed by atoms with Crippen LogP contribution in [0.25, 0.3) is 0 Å². The molecular weight excluding hydrogens is 224 g/mol. The molecule has 1 atom stereocenters. The number of thiocarbonyl (C=S) groups is 1. The van der Waals surface area contributed by atoms with Gasteiger partial charge in [0.2, 0.25) is 11.8 Å². The molecule has 0 aromatic heterocycles. The molecule has 5 heteroatoms. The maximum Gasteiger partial charge on any atom is 0.236 e. The molecule has 0 aromatic carbocycles. The summed E-state index contributed by atoms with van der Waals surface area (Å²) in [5.74, 6) is 0.0150. The minimum Gasteiger partial charge on any atom is -0.392 e. The lowest BCUT2D eigenvalue weighted by Crippen LogP contribution is -2.49. The van der Waals surface area contributed by atoms with E-state index in [1.54, 1.807) is 13.8 Å². The van der Waals surface area contributed by atoms with Gasteiger partial charge in [-0.25, -0.2) is 0 Å². The molecule has 2 rings (SSSR count). The van der Waals surface area contributed by atoms with Gasteiger partial charge in [-0.3, -0.25) is 14.5 Å². The van der Waals surface area contributed by atoms with E-state index in [1.807, 2.05) is 0 Å². The van der Waals surface area contributed by atoms with Crippen LogP contribution in [0.15, 0.2) is 0 Å². The maximum absolute atomic E-state index is 12.1. The molecule has 16 heavy (non-hydrogen) atoms. The van der Waals surface area contributed by atoms with Crippen LogP contribution in [-0.4, -0.2) is 27.7 Å². The summed E-state index contributed by atoms with van der Waals surface area (Å²) in [5.41, 5.74) is 5.05. The molecule has 2 fully saturated rings. The molecule has 1 aliphatic carbocycles. The fourth-order valence-electron chi connectivity index (χ4n) is 2.24. The van der Waals surface area contributed by atoms with Crippen molar-refractivity contribution < 1.29 is 9.59 Å². The number of carbonyl (C=O) groups is 2. The van der Waals surface area contributed by atoms with Gasteiger partial charge in [0.1, 0.15) is 0 Å². The highest BCUT2D eigenvalue weighted by Gasteiger charge is 2.51. The molecule has 88 valence electrons. The first-order valence-electron chi connectivity index (χ1n) is 5.50. The number of carbonyl (C=O) groups excluding carboxylic acids is 2. The maximum atomic E-state index is 12.1. The number of hydrogen-bond donors (Lipinski definition) is 1. The van der Waals surface area contributed by atoms with Crippen molar-refractivity contribution in [3.8, 4) is 0 Å². The highest BCUT2D eigenvalue weighted by Crippen LogP contribution is 2.41. The van der Waals surface area contributed by atoms with E-state index in [0.717, 1.165) is 12.8 Å². The van der Waals surface area contributed by atoms with Crippen molar-refractivity contribution in [1.29, 1.82) is 0 Å². The molecule has 0 radical (unpaired) electrons. The van der Waals surface area contributed by atoms with Crippen molar-refractivity contribution in [3.05, 3.63) is 0 Å². The van der Waals surface area contributed by atoms with Gasteiger partial charge in [0, 0.05) is 6.42 Å². The Labute approximate surface area is 100 Å². The number of likely N-dealkylation sites (tertiary alicyclic amines) is 1. The molecular formula is C11H16N2O2S. The Balaban J connectivity index is 2.28. The molecule has 4 nitrogen and oxygen atoms in total. The molecule has 2 N–H and O–H groups in total. The Hall–Kier alpha value is -0.970. The molecule has 2 aliphatic rings. The van der Waals surface area contributed by atoms with Gasteiger partial charge in [-0.1, -0.05) is 26.1 Å². The second-order valence-corrected chi connectivity index (χ2v) is 5.79. The Bertz CT molecular complexity index is 374. The summed E-state index contributed by atoms with van der Waals surface area (Å²) in [4.78, 5) is 25.5. The van der Waals surface area contributed by atoms with E-state index in [1.165, 1.54) is 4.90 Å². The first-order valence-corrected chi connectivity index (χ1v) is 5.91. The highest BCUT2D eigenvalue weighted by atomic mass is 32.1. The fourth-order valence-corrected chi connectivity index (χ4v) is 2.54. The summed E-state index contributed by atoms with van der Waals surface area (Å²) in [6, 6.07) is -0.350. The number of hydrogen-bond acceptors (Lipinski definition) is 3. The SMILES string of the molecule is CC1(C)CC(=O)N(C(C(N)=S)C2CC2)C1=O. The standard InChI is InChI=1S/C11H16N2O2S/c1-11(2)5-7(14)13(10(11)15)8(9(12)16)6-3-4-6/h6,8H,3-5H2,1-2H3,(H2,12,16). The second-order valence-electron chi connectivity index (χ2n) is 5.31. The van der Waals surface area contributed by atoms with Crippen molar-refractivity contribution in [2.24, 2.45) is 17.1 Å². The van der Waals surface area contributed by atoms with Gasteiger partial charge < -0.3 is 5.73 Å². The predicted molar refractivity (Wildman–Crippen MR) is 63.5 cm³/mol. The van der Waals surface area contributed by atoms with Gasteiger partial charge in [-0.2, -0.15) is 0 Å². The van der Waals surface area contributed by atoms with Crippen molar-refractivity contribution >= 4 is 29.0 Å². The number of nitrogens with two attached hydrogens (primary N) is 1. The topological polar surface area (TPSA) is 63.4 Å². The zero-order valence-corrected chi connectivity index (χ0v) is 10.3. The number of nitrogens with zero attached hydrogens (tertiary/aromatic N) is 1. The summed E-state index contributed by atoms with van der Waals surface area (Å²) in [5, 5.41) is 0. The minimum absolute atomic E-state index is 0.137. The average Bonchev–Trinajstić information content (AvgIpc) is 2.90. The van der Waals surface area contributed by atoms with Crippen LogP contribution in [0.2, 0.25) is 0 Å². The lowest BCUT2D eigenvalue weighted by Gasteiger charge is -2.26. The summed E-state index contributed by atoms with van der Waals surface area (Å²) < 4.78 is 0. The van der Waals surface area contributed by atoms with E-state index in [-0.39, 0.29) is 29.3 Å². The molecule has 0 bridgehead atoms. The van der Waals surface area contributed by atoms with Gasteiger partial charge in [0.05, 0.1) is 16.4 Å². The first-order chi connectivity index (χ1) is 7.34. The predicted octanol–water partition coefficient (Wildman–Crippen LogP) is 0.836. The van der Waals surface area contributed by atoms with Gasteiger partial charge in [-0.15, -0.1) is 0 Å². The van der Waals surface area contributed by atoms with Crippen LogP contribution in [0.5, 0.6) is 0 Å². The number of amides is 2. The van der Waals surface area contributed by atoms with Crippen LogP contribution in [-0.2, 0) is 9.59 Å². The zero-order valence-electron chi connectivity index (χ0n) is 9.53. The van der Waals surface area contributed by atoms with Gasteiger partial charge in [0.25, 0.3) is 0 Å². The van der Waals surface area contributed by atoms with Crippen LogP contribution >= 0.6 is 12.2 Å². The summed E-state index contributed by atoms with van der Waals surface area (Å²) >= 11 is 4.98.